The molecule has 24 heavy (non-hydrogen) atoms. The lowest BCUT2D eigenvalue weighted by Gasteiger charge is -2.33. The minimum atomic E-state index is -0.229. The van der Waals surface area contributed by atoms with Crippen molar-refractivity contribution in [2.75, 3.05) is 13.1 Å². The van der Waals surface area contributed by atoms with Gasteiger partial charge in [0.25, 0.3) is 11.5 Å². The summed E-state index contributed by atoms with van der Waals surface area (Å²) in [4.78, 5) is 26.6. The highest BCUT2D eigenvalue weighted by Gasteiger charge is 2.26. The molecule has 1 amide bonds. The molecular formula is C18H24N4O2. The molecular weight excluding hydrogens is 304 g/mol. The Morgan fingerprint density at radius 1 is 1.25 bits per heavy atom. The number of hydrogen-bond donors (Lipinski definition) is 2. The van der Waals surface area contributed by atoms with Crippen LogP contribution >= 0.6 is 0 Å². The average Bonchev–Trinajstić information content (AvgIpc) is 2.97. The number of carbonyl (C=O) groups excluding carboxylic acids is 1. The Hall–Kier alpha value is -2.34. The first-order chi connectivity index (χ1) is 11.5. The molecule has 1 aromatic carbocycles. The number of aryl methyl sites for hydroxylation is 1. The molecule has 3 rings (SSSR count). The van der Waals surface area contributed by atoms with Gasteiger partial charge < -0.3 is 10.6 Å². The van der Waals surface area contributed by atoms with Crippen LogP contribution < -0.4 is 11.3 Å². The molecule has 0 radical (unpaired) electrons. The topological polar surface area (TPSA) is 84.1 Å². The van der Waals surface area contributed by atoms with Crippen LogP contribution in [0.3, 0.4) is 0 Å². The highest BCUT2D eigenvalue weighted by atomic mass is 16.2. The first-order valence-corrected chi connectivity index (χ1v) is 8.39. The van der Waals surface area contributed by atoms with Crippen molar-refractivity contribution in [1.82, 2.24) is 14.7 Å². The maximum Gasteiger partial charge on any atom is 0.271 e. The van der Waals surface area contributed by atoms with Crippen molar-refractivity contribution in [3.8, 4) is 5.69 Å². The maximum absolute atomic E-state index is 12.6. The monoisotopic (exact) mass is 328 g/mol. The molecule has 3 N–H and O–H groups in total. The Kier molecular flexibility index (Phi) is 4.57. The van der Waals surface area contributed by atoms with Gasteiger partial charge in [0.15, 0.2) is 0 Å². The van der Waals surface area contributed by atoms with E-state index in [-0.39, 0.29) is 17.5 Å². The molecule has 1 fully saturated rings. The van der Waals surface area contributed by atoms with Crippen molar-refractivity contribution in [2.24, 2.45) is 11.7 Å². The summed E-state index contributed by atoms with van der Waals surface area (Å²) in [5.74, 6) is 0.339. The number of benzene rings is 1. The second kappa shape index (κ2) is 6.65. The Bertz CT molecular complexity index is 765. The highest BCUT2D eigenvalue weighted by Crippen LogP contribution is 2.20. The van der Waals surface area contributed by atoms with Crippen LogP contribution in [0.5, 0.6) is 0 Å². The van der Waals surface area contributed by atoms with E-state index in [0.29, 0.717) is 24.7 Å². The summed E-state index contributed by atoms with van der Waals surface area (Å²) in [5, 5.41) is 2.94. The van der Waals surface area contributed by atoms with Gasteiger partial charge in [0, 0.05) is 25.2 Å². The van der Waals surface area contributed by atoms with Gasteiger partial charge in [-0.05, 0) is 44.7 Å². The number of aromatic amines is 1. The molecule has 0 saturated carbocycles. The van der Waals surface area contributed by atoms with Gasteiger partial charge in [-0.25, -0.2) is 4.68 Å². The zero-order chi connectivity index (χ0) is 17.3. The number of rotatable bonds is 3. The number of nitrogens with zero attached hydrogens (tertiary/aromatic N) is 2. The number of nitrogens with one attached hydrogen (secondary N) is 1. The Morgan fingerprint density at radius 2 is 1.88 bits per heavy atom. The average molecular weight is 328 g/mol. The highest BCUT2D eigenvalue weighted by molar-refractivity contribution is 5.92. The summed E-state index contributed by atoms with van der Waals surface area (Å²) < 4.78 is 1.40. The fraction of sp³-hybridized carbons (Fsp3) is 0.444. The first-order valence-electron chi connectivity index (χ1n) is 8.39. The van der Waals surface area contributed by atoms with E-state index in [0.717, 1.165) is 24.1 Å². The Morgan fingerprint density at radius 3 is 2.46 bits per heavy atom. The number of hydrogen-bond acceptors (Lipinski definition) is 3. The van der Waals surface area contributed by atoms with Crippen molar-refractivity contribution >= 4 is 5.91 Å². The van der Waals surface area contributed by atoms with Crippen LogP contribution in [0.1, 0.15) is 35.8 Å². The Balaban J connectivity index is 1.76. The third-order valence-corrected chi connectivity index (χ3v) is 4.81. The van der Waals surface area contributed by atoms with Crippen LogP contribution in [-0.4, -0.2) is 39.7 Å². The molecule has 2 aromatic rings. The normalized spacial score (nSPS) is 17.0. The van der Waals surface area contributed by atoms with Gasteiger partial charge in [-0.15, -0.1) is 0 Å². The van der Waals surface area contributed by atoms with E-state index < -0.39 is 0 Å². The van der Waals surface area contributed by atoms with Crippen LogP contribution in [0.25, 0.3) is 5.69 Å². The molecule has 6 nitrogen and oxygen atoms in total. The van der Waals surface area contributed by atoms with E-state index in [4.69, 9.17) is 5.73 Å². The number of amides is 1. The van der Waals surface area contributed by atoms with Crippen LogP contribution in [0.4, 0.5) is 0 Å². The summed E-state index contributed by atoms with van der Waals surface area (Å²) in [6.07, 6.45) is 1.82. The number of piperidine rings is 1. The molecule has 1 saturated heterocycles. The number of carbonyl (C=O) groups is 1. The fourth-order valence-corrected chi connectivity index (χ4v) is 3.19. The van der Waals surface area contributed by atoms with Gasteiger partial charge in [-0.2, -0.15) is 0 Å². The largest absolute Gasteiger partial charge is 0.337 e. The van der Waals surface area contributed by atoms with Crippen molar-refractivity contribution in [3.05, 3.63) is 51.9 Å². The second-order valence-corrected chi connectivity index (χ2v) is 6.67. The minimum Gasteiger partial charge on any atom is -0.337 e. The van der Waals surface area contributed by atoms with E-state index in [1.54, 1.807) is 4.90 Å². The van der Waals surface area contributed by atoms with Crippen molar-refractivity contribution < 1.29 is 4.79 Å². The molecule has 0 aliphatic carbocycles. The number of nitrogens with two attached hydrogens (primary N) is 1. The zero-order valence-electron chi connectivity index (χ0n) is 14.2. The lowest BCUT2D eigenvalue weighted by Crippen LogP contribution is -2.42. The van der Waals surface area contributed by atoms with E-state index in [1.807, 2.05) is 38.1 Å². The quantitative estimate of drug-likeness (QED) is 0.899. The second-order valence-electron chi connectivity index (χ2n) is 6.67. The predicted molar refractivity (Wildman–Crippen MR) is 93.4 cm³/mol. The number of aromatic nitrogens is 2. The summed E-state index contributed by atoms with van der Waals surface area (Å²) in [7, 11) is 0. The van der Waals surface area contributed by atoms with Crippen molar-refractivity contribution in [1.29, 1.82) is 0 Å². The third-order valence-electron chi connectivity index (χ3n) is 4.81. The molecule has 6 heteroatoms. The van der Waals surface area contributed by atoms with E-state index in [2.05, 4.69) is 5.10 Å². The first kappa shape index (κ1) is 16.5. The van der Waals surface area contributed by atoms with E-state index in [1.165, 1.54) is 10.7 Å². The molecule has 1 aliphatic heterocycles. The zero-order valence-corrected chi connectivity index (χ0v) is 14.2. The van der Waals surface area contributed by atoms with Crippen molar-refractivity contribution in [2.45, 2.75) is 32.7 Å². The minimum absolute atomic E-state index is 0.124. The number of H-pyrrole nitrogens is 1. The summed E-state index contributed by atoms with van der Waals surface area (Å²) in [6.45, 7) is 5.37. The maximum atomic E-state index is 12.6. The number of likely N-dealkylation sites (tertiary alicyclic amines) is 1. The summed E-state index contributed by atoms with van der Waals surface area (Å²) in [6, 6.07) is 9.11. The fourth-order valence-electron chi connectivity index (χ4n) is 3.19. The summed E-state index contributed by atoms with van der Waals surface area (Å²) >= 11 is 0. The molecule has 1 aromatic heterocycles. The molecule has 2 heterocycles. The predicted octanol–water partition coefficient (Wildman–Crippen LogP) is 1.67. The van der Waals surface area contributed by atoms with Gasteiger partial charge in [-0.3, -0.25) is 14.7 Å². The van der Waals surface area contributed by atoms with Crippen LogP contribution in [-0.2, 0) is 0 Å². The van der Waals surface area contributed by atoms with Crippen molar-refractivity contribution in [3.63, 3.8) is 0 Å². The van der Waals surface area contributed by atoms with Gasteiger partial charge in [0.05, 0.1) is 5.69 Å². The van der Waals surface area contributed by atoms with Gasteiger partial charge in [0.1, 0.15) is 5.69 Å². The molecule has 0 bridgehead atoms. The third kappa shape index (κ3) is 3.28. The van der Waals surface area contributed by atoms with Crippen LogP contribution in [0, 0.1) is 12.8 Å². The van der Waals surface area contributed by atoms with E-state index in [9.17, 15) is 9.59 Å². The lowest BCUT2D eigenvalue weighted by atomic mass is 9.91. The molecule has 128 valence electrons. The standard InChI is InChI=1S/C18H24N4O2/c1-12-3-5-15(6-4-12)22-17(23)11-16(20-22)18(24)21-9-7-14(8-10-21)13(2)19/h3-6,11,13-14,20H,7-10,19H2,1-2H3. The summed E-state index contributed by atoms with van der Waals surface area (Å²) in [5.41, 5.74) is 7.89. The van der Waals surface area contributed by atoms with Crippen LogP contribution in [0.15, 0.2) is 35.1 Å². The lowest BCUT2D eigenvalue weighted by molar-refractivity contribution is 0.0674. The molecule has 0 spiro atoms. The van der Waals surface area contributed by atoms with E-state index >= 15 is 0 Å². The Labute approximate surface area is 141 Å². The molecule has 1 atom stereocenters. The molecule has 1 unspecified atom stereocenters. The SMILES string of the molecule is Cc1ccc(-n2[nH]c(C(=O)N3CCC(C(C)N)CC3)cc2=O)cc1. The smallest absolute Gasteiger partial charge is 0.271 e. The van der Waals surface area contributed by atoms with Gasteiger partial charge in [0.2, 0.25) is 0 Å². The van der Waals surface area contributed by atoms with Crippen LogP contribution in [0.2, 0.25) is 0 Å². The van der Waals surface area contributed by atoms with Gasteiger partial charge in [-0.1, -0.05) is 17.7 Å². The van der Waals surface area contributed by atoms with Gasteiger partial charge >= 0.3 is 0 Å². The molecule has 1 aliphatic rings.